The monoisotopic (exact) mass is 577 g/mol. The number of carbonyl (C=O) groups is 2. The Kier molecular flexibility index (Phi) is 6.12. The highest BCUT2D eigenvalue weighted by atomic mass is 79.9. The first-order valence-electron chi connectivity index (χ1n) is 10.8. The Labute approximate surface area is 219 Å². The van der Waals surface area contributed by atoms with E-state index in [1.807, 2.05) is 0 Å². The first kappa shape index (κ1) is 24.2. The predicted molar refractivity (Wildman–Crippen MR) is 132 cm³/mol. The van der Waals surface area contributed by atoms with E-state index >= 15 is 4.39 Å². The van der Waals surface area contributed by atoms with Gasteiger partial charge in [-0.1, -0.05) is 51.3 Å². The van der Waals surface area contributed by atoms with Crippen LogP contribution in [-0.4, -0.2) is 28.3 Å². The van der Waals surface area contributed by atoms with Gasteiger partial charge >= 0.3 is 0 Å². The van der Waals surface area contributed by atoms with Crippen molar-refractivity contribution in [3.8, 4) is 0 Å². The smallest absolute Gasteiger partial charge is 0.257 e. The molecular formula is C25H19BrCl2FN3O3. The Morgan fingerprint density at radius 3 is 2.43 bits per heavy atom. The van der Waals surface area contributed by atoms with E-state index in [-0.39, 0.29) is 24.3 Å². The van der Waals surface area contributed by atoms with Gasteiger partial charge < -0.3 is 10.5 Å². The van der Waals surface area contributed by atoms with Crippen LogP contribution in [0.25, 0.3) is 0 Å². The third kappa shape index (κ3) is 4.12. The summed E-state index contributed by atoms with van der Waals surface area (Å²) in [5.74, 6) is -1.57. The van der Waals surface area contributed by atoms with Gasteiger partial charge in [-0.2, -0.15) is 0 Å². The minimum absolute atomic E-state index is 0.00601. The number of carbonyl (C=O) groups excluding carboxylic acids is 2. The van der Waals surface area contributed by atoms with E-state index in [1.165, 1.54) is 17.2 Å². The molecule has 2 N–H and O–H groups in total. The average molecular weight is 579 g/mol. The van der Waals surface area contributed by atoms with Crippen molar-refractivity contribution in [1.82, 2.24) is 9.88 Å². The zero-order valence-electron chi connectivity index (χ0n) is 18.2. The second-order valence-corrected chi connectivity index (χ2v) is 10.5. The number of fused-ring (bicyclic) bond motifs is 1. The fourth-order valence-corrected chi connectivity index (χ4v) is 5.09. The van der Waals surface area contributed by atoms with E-state index in [0.717, 1.165) is 0 Å². The highest BCUT2D eigenvalue weighted by Gasteiger charge is 2.57. The molecule has 5 rings (SSSR count). The van der Waals surface area contributed by atoms with E-state index in [4.69, 9.17) is 33.7 Å². The van der Waals surface area contributed by atoms with Crippen molar-refractivity contribution in [3.05, 3.63) is 97.4 Å². The number of halogens is 4. The normalized spacial score (nSPS) is 20.1. The lowest BCUT2D eigenvalue weighted by atomic mass is 9.92. The van der Waals surface area contributed by atoms with Crippen LogP contribution in [0.5, 0.6) is 0 Å². The standard InChI is InChI=1S/C25H19BrCl2FN3O3/c26-15-9-19-21(20(29)10-15)25(14-1-3-16(27)4-2-14,35-13-24(7-8-24)23(30)34)32(22(19)33)12-18-6-5-17(28)11-31-18/h1-6,9-11H,7-8,12-13H2,(H2,30,34)/t25-/m1/s1. The van der Waals surface area contributed by atoms with Gasteiger partial charge in [-0.3, -0.25) is 19.5 Å². The molecule has 0 unspecified atom stereocenters. The summed E-state index contributed by atoms with van der Waals surface area (Å²) in [5.41, 5.74) is 4.30. The first-order valence-corrected chi connectivity index (χ1v) is 12.3. The van der Waals surface area contributed by atoms with E-state index in [9.17, 15) is 9.59 Å². The van der Waals surface area contributed by atoms with Gasteiger partial charge in [-0.25, -0.2) is 4.39 Å². The summed E-state index contributed by atoms with van der Waals surface area (Å²) in [6.45, 7) is -0.0916. The molecule has 2 heterocycles. The summed E-state index contributed by atoms with van der Waals surface area (Å²) in [7, 11) is 0. The molecule has 1 fully saturated rings. The lowest BCUT2D eigenvalue weighted by Gasteiger charge is -2.40. The largest absolute Gasteiger partial charge is 0.369 e. The molecule has 2 aliphatic rings. The number of ether oxygens (including phenoxy) is 1. The maximum absolute atomic E-state index is 15.7. The van der Waals surface area contributed by atoms with Crippen LogP contribution in [0.4, 0.5) is 4.39 Å². The molecule has 0 bridgehead atoms. The summed E-state index contributed by atoms with van der Waals surface area (Å²) in [6.07, 6.45) is 2.58. The molecule has 1 atom stereocenters. The number of aromatic nitrogens is 1. The van der Waals surface area contributed by atoms with Crippen molar-refractivity contribution >= 4 is 50.9 Å². The minimum Gasteiger partial charge on any atom is -0.369 e. The maximum atomic E-state index is 15.7. The van der Waals surface area contributed by atoms with Crippen LogP contribution in [0.1, 0.15) is 40.0 Å². The molecule has 1 saturated carbocycles. The van der Waals surface area contributed by atoms with Gasteiger partial charge in [0.2, 0.25) is 5.91 Å². The highest BCUT2D eigenvalue weighted by Crippen LogP contribution is 2.52. The molecule has 35 heavy (non-hydrogen) atoms. The minimum atomic E-state index is -1.69. The summed E-state index contributed by atoms with van der Waals surface area (Å²) < 4.78 is 22.6. The summed E-state index contributed by atoms with van der Waals surface area (Å²) in [6, 6.07) is 12.8. The lowest BCUT2D eigenvalue weighted by Crippen LogP contribution is -2.48. The molecule has 3 aromatic rings. The topological polar surface area (TPSA) is 85.5 Å². The fourth-order valence-electron chi connectivity index (χ4n) is 4.42. The molecule has 1 aromatic heterocycles. The third-order valence-corrected chi connectivity index (χ3v) is 7.46. The summed E-state index contributed by atoms with van der Waals surface area (Å²) in [5, 5.41) is 0.906. The second kappa shape index (κ2) is 8.85. The van der Waals surface area contributed by atoms with Gasteiger partial charge in [-0.15, -0.1) is 0 Å². The van der Waals surface area contributed by atoms with E-state index in [1.54, 1.807) is 42.5 Å². The Bertz CT molecular complexity index is 1330. The quantitative estimate of drug-likeness (QED) is 0.405. The third-order valence-electron chi connectivity index (χ3n) is 6.53. The number of benzene rings is 2. The number of hydrogen-bond donors (Lipinski definition) is 1. The molecule has 2 aromatic carbocycles. The number of hydrogen-bond acceptors (Lipinski definition) is 4. The van der Waals surface area contributed by atoms with E-state index in [2.05, 4.69) is 20.9 Å². The van der Waals surface area contributed by atoms with Crippen LogP contribution in [-0.2, 0) is 21.8 Å². The second-order valence-electron chi connectivity index (χ2n) is 8.75. The molecule has 10 heteroatoms. The van der Waals surface area contributed by atoms with Crippen LogP contribution in [0.3, 0.4) is 0 Å². The Morgan fingerprint density at radius 2 is 1.83 bits per heavy atom. The maximum Gasteiger partial charge on any atom is 0.257 e. The zero-order valence-corrected chi connectivity index (χ0v) is 21.3. The van der Waals surface area contributed by atoms with Crippen LogP contribution in [0.2, 0.25) is 10.0 Å². The van der Waals surface area contributed by atoms with Crippen molar-refractivity contribution in [2.24, 2.45) is 11.1 Å². The molecule has 2 amide bonds. The molecule has 0 saturated heterocycles. The number of pyridine rings is 1. The Hall–Kier alpha value is -2.52. The van der Waals surface area contributed by atoms with Crippen LogP contribution < -0.4 is 5.73 Å². The number of rotatable bonds is 7. The molecule has 180 valence electrons. The van der Waals surface area contributed by atoms with Crippen LogP contribution in [0, 0.1) is 11.2 Å². The Morgan fingerprint density at radius 1 is 1.14 bits per heavy atom. The number of nitrogens with two attached hydrogens (primary N) is 1. The molecule has 6 nitrogen and oxygen atoms in total. The first-order chi connectivity index (χ1) is 16.7. The highest BCUT2D eigenvalue weighted by molar-refractivity contribution is 9.10. The summed E-state index contributed by atoms with van der Waals surface area (Å²) >= 11 is 15.4. The Balaban J connectivity index is 1.72. The molecular weight excluding hydrogens is 560 g/mol. The number of nitrogens with zero attached hydrogens (tertiary/aromatic N) is 2. The van der Waals surface area contributed by atoms with Crippen molar-refractivity contribution in [2.45, 2.75) is 25.1 Å². The van der Waals surface area contributed by atoms with Crippen LogP contribution in [0.15, 0.2) is 59.2 Å². The van der Waals surface area contributed by atoms with Crippen molar-refractivity contribution < 1.29 is 18.7 Å². The fraction of sp³-hybridized carbons (Fsp3) is 0.240. The molecule has 0 radical (unpaired) electrons. The molecule has 1 aliphatic carbocycles. The number of primary amides is 1. The van der Waals surface area contributed by atoms with Gasteiger partial charge in [0.25, 0.3) is 5.91 Å². The molecule has 1 aliphatic heterocycles. The van der Waals surface area contributed by atoms with Gasteiger partial charge in [0.05, 0.1) is 40.4 Å². The lowest BCUT2D eigenvalue weighted by molar-refractivity contribution is -0.142. The van der Waals surface area contributed by atoms with E-state index < -0.39 is 28.8 Å². The van der Waals surface area contributed by atoms with Crippen molar-refractivity contribution in [3.63, 3.8) is 0 Å². The van der Waals surface area contributed by atoms with Crippen molar-refractivity contribution in [2.75, 3.05) is 6.61 Å². The van der Waals surface area contributed by atoms with Crippen molar-refractivity contribution in [1.29, 1.82) is 0 Å². The zero-order chi connectivity index (χ0) is 25.0. The van der Waals surface area contributed by atoms with Crippen LogP contribution >= 0.6 is 39.1 Å². The number of amides is 2. The molecule has 0 spiro atoms. The van der Waals surface area contributed by atoms with Gasteiger partial charge in [0, 0.05) is 21.3 Å². The predicted octanol–water partition coefficient (Wildman–Crippen LogP) is 5.43. The summed E-state index contributed by atoms with van der Waals surface area (Å²) in [4.78, 5) is 31.7. The SMILES string of the molecule is NC(=O)C1(CO[C@]2(c3ccc(Cl)cc3)c3c(F)cc(Br)cc3C(=O)N2Cc2ccc(Cl)cn2)CC1. The van der Waals surface area contributed by atoms with Gasteiger partial charge in [0.1, 0.15) is 5.82 Å². The van der Waals surface area contributed by atoms with E-state index in [0.29, 0.717) is 38.6 Å². The van der Waals surface area contributed by atoms with Gasteiger partial charge in [-0.05, 0) is 49.2 Å². The average Bonchev–Trinajstić information content (AvgIpc) is 3.58. The van der Waals surface area contributed by atoms with Gasteiger partial charge in [0.15, 0.2) is 5.72 Å².